The third-order valence-electron chi connectivity index (χ3n) is 13.4. The highest BCUT2D eigenvalue weighted by Crippen LogP contribution is 2.74. The van der Waals surface area contributed by atoms with Gasteiger partial charge in [-0.1, -0.05) is 54.4 Å². The van der Waals surface area contributed by atoms with Gasteiger partial charge < -0.3 is 26.2 Å². The van der Waals surface area contributed by atoms with Gasteiger partial charge >= 0.3 is 5.97 Å². The van der Waals surface area contributed by atoms with Crippen molar-refractivity contribution in [2.24, 2.45) is 63.4 Å². The maximum atomic E-state index is 14.0. The molecule has 0 saturated heterocycles. The normalized spacial score (nSPS) is 41.9. The van der Waals surface area contributed by atoms with Crippen LogP contribution in [0.5, 0.6) is 0 Å². The quantitative estimate of drug-likeness (QED) is 0.182. The SMILES string of the molecule is CC(=O)O[C@H]1C[C@@]2(C)C(CCC3[C@@]4(C)CC[C@@H](O)[C@@H](C)C4CC[C@@]32C)[C@@H]1[C@H](CCCC(C)C)C(=O)NCCNCCN. The molecule has 4 fully saturated rings. The van der Waals surface area contributed by atoms with Crippen LogP contribution in [0.25, 0.3) is 0 Å². The van der Waals surface area contributed by atoms with Crippen LogP contribution in [0.4, 0.5) is 0 Å². The smallest absolute Gasteiger partial charge is 0.302 e. The maximum Gasteiger partial charge on any atom is 0.302 e. The summed E-state index contributed by atoms with van der Waals surface area (Å²) in [5.74, 6) is 2.20. The molecule has 0 aromatic rings. The molecule has 5 N–H and O–H groups in total. The van der Waals surface area contributed by atoms with Crippen LogP contribution in [0.15, 0.2) is 0 Å². The molecule has 242 valence electrons. The Bertz CT molecular complexity index is 943. The number of rotatable bonds is 12. The lowest BCUT2D eigenvalue weighted by atomic mass is 9.37. The van der Waals surface area contributed by atoms with Crippen LogP contribution >= 0.6 is 0 Å². The Hall–Kier alpha value is -1.18. The Kier molecular flexibility index (Phi) is 10.8. The Labute approximate surface area is 256 Å². The van der Waals surface area contributed by atoms with E-state index in [1.54, 1.807) is 0 Å². The molecule has 0 heterocycles. The predicted octanol–water partition coefficient (Wildman–Crippen LogP) is 5.29. The number of nitrogens with one attached hydrogen (secondary N) is 2. The first-order valence-corrected chi connectivity index (χ1v) is 17.3. The van der Waals surface area contributed by atoms with Crippen LogP contribution in [0, 0.1) is 57.7 Å². The van der Waals surface area contributed by atoms with Gasteiger partial charge in [-0.3, -0.25) is 9.59 Å². The van der Waals surface area contributed by atoms with Gasteiger partial charge in [0.1, 0.15) is 6.10 Å². The molecule has 0 spiro atoms. The minimum atomic E-state index is -0.230. The van der Waals surface area contributed by atoms with Crippen molar-refractivity contribution in [3.05, 3.63) is 0 Å². The molecule has 0 radical (unpaired) electrons. The zero-order chi connectivity index (χ0) is 30.9. The van der Waals surface area contributed by atoms with Crippen LogP contribution < -0.4 is 16.4 Å². The summed E-state index contributed by atoms with van der Waals surface area (Å²) in [5.41, 5.74) is 5.95. The van der Waals surface area contributed by atoms with Gasteiger partial charge in [-0.25, -0.2) is 0 Å². The van der Waals surface area contributed by atoms with E-state index in [4.69, 9.17) is 10.5 Å². The molecule has 4 aliphatic carbocycles. The average molecular weight is 590 g/mol. The number of hydrogen-bond donors (Lipinski definition) is 4. The average Bonchev–Trinajstić information content (AvgIpc) is 3.20. The molecule has 1 amide bonds. The third kappa shape index (κ3) is 6.18. The van der Waals surface area contributed by atoms with Crippen LogP contribution in [0.1, 0.15) is 113 Å². The number of aliphatic hydroxyl groups excluding tert-OH is 1. The number of amides is 1. The van der Waals surface area contributed by atoms with E-state index in [9.17, 15) is 14.7 Å². The molecular formula is C35H63N3O4. The van der Waals surface area contributed by atoms with E-state index in [1.807, 2.05) is 0 Å². The summed E-state index contributed by atoms with van der Waals surface area (Å²) >= 11 is 0. The van der Waals surface area contributed by atoms with Crippen LogP contribution in [0.2, 0.25) is 0 Å². The summed E-state index contributed by atoms with van der Waals surface area (Å²) in [6, 6.07) is 0. The van der Waals surface area contributed by atoms with Crippen molar-refractivity contribution in [3.8, 4) is 0 Å². The minimum Gasteiger partial charge on any atom is -0.462 e. The third-order valence-corrected chi connectivity index (χ3v) is 13.4. The van der Waals surface area contributed by atoms with Crippen LogP contribution in [-0.4, -0.2) is 55.4 Å². The number of nitrogens with two attached hydrogens (primary N) is 1. The Balaban J connectivity index is 1.65. The van der Waals surface area contributed by atoms with E-state index in [1.165, 1.54) is 13.3 Å². The second-order valence-corrected chi connectivity index (χ2v) is 15.9. The lowest BCUT2D eigenvalue weighted by molar-refractivity contribution is -0.203. The van der Waals surface area contributed by atoms with Gasteiger partial charge in [0.15, 0.2) is 0 Å². The number of fused-ring (bicyclic) bond motifs is 5. The fourth-order valence-corrected chi connectivity index (χ4v) is 11.1. The largest absolute Gasteiger partial charge is 0.462 e. The highest BCUT2D eigenvalue weighted by molar-refractivity contribution is 5.79. The highest BCUT2D eigenvalue weighted by atomic mass is 16.5. The monoisotopic (exact) mass is 589 g/mol. The molecule has 4 aliphatic rings. The molecule has 0 bridgehead atoms. The Morgan fingerprint density at radius 1 is 0.976 bits per heavy atom. The first-order chi connectivity index (χ1) is 19.8. The first kappa shape index (κ1) is 33.7. The summed E-state index contributed by atoms with van der Waals surface area (Å²) in [7, 11) is 0. The molecule has 4 saturated carbocycles. The fraction of sp³-hybridized carbons (Fsp3) is 0.943. The summed E-state index contributed by atoms with van der Waals surface area (Å²) < 4.78 is 6.21. The van der Waals surface area contributed by atoms with Crippen molar-refractivity contribution >= 4 is 11.9 Å². The number of hydrogen-bond acceptors (Lipinski definition) is 6. The summed E-state index contributed by atoms with van der Waals surface area (Å²) in [6.07, 6.45) is 9.94. The Morgan fingerprint density at radius 2 is 1.71 bits per heavy atom. The van der Waals surface area contributed by atoms with E-state index in [0.717, 1.165) is 64.3 Å². The number of esters is 1. The maximum absolute atomic E-state index is 14.0. The van der Waals surface area contributed by atoms with Crippen molar-refractivity contribution in [1.29, 1.82) is 0 Å². The van der Waals surface area contributed by atoms with Gasteiger partial charge in [0.25, 0.3) is 0 Å². The number of aliphatic hydroxyl groups is 1. The highest BCUT2D eigenvalue weighted by Gasteiger charge is 2.70. The summed E-state index contributed by atoms with van der Waals surface area (Å²) in [4.78, 5) is 26.5. The molecule has 42 heavy (non-hydrogen) atoms. The summed E-state index contributed by atoms with van der Waals surface area (Å²) in [5, 5.41) is 17.3. The number of carbonyl (C=O) groups is 2. The van der Waals surface area contributed by atoms with E-state index in [0.29, 0.717) is 49.2 Å². The zero-order valence-corrected chi connectivity index (χ0v) is 27.8. The number of ether oxygens (including phenoxy) is 1. The molecule has 0 aromatic heterocycles. The van der Waals surface area contributed by atoms with Crippen molar-refractivity contribution < 1.29 is 19.4 Å². The van der Waals surface area contributed by atoms with Gasteiger partial charge in [-0.05, 0) is 97.2 Å². The van der Waals surface area contributed by atoms with Gasteiger partial charge in [0.2, 0.25) is 5.91 Å². The van der Waals surface area contributed by atoms with E-state index in [-0.39, 0.29) is 52.2 Å². The van der Waals surface area contributed by atoms with Crippen molar-refractivity contribution in [2.75, 3.05) is 26.2 Å². The molecule has 3 unspecified atom stereocenters. The summed E-state index contributed by atoms with van der Waals surface area (Å²) in [6.45, 7) is 18.5. The van der Waals surface area contributed by atoms with Gasteiger partial charge in [0.05, 0.1) is 6.10 Å². The predicted molar refractivity (Wildman–Crippen MR) is 168 cm³/mol. The van der Waals surface area contributed by atoms with Crippen molar-refractivity contribution in [3.63, 3.8) is 0 Å². The second kappa shape index (κ2) is 13.4. The van der Waals surface area contributed by atoms with E-state index < -0.39 is 0 Å². The van der Waals surface area contributed by atoms with Gasteiger partial charge in [-0.2, -0.15) is 0 Å². The second-order valence-electron chi connectivity index (χ2n) is 15.9. The lowest BCUT2D eigenvalue weighted by Crippen LogP contribution is -2.62. The lowest BCUT2D eigenvalue weighted by Gasteiger charge is -2.68. The molecule has 7 heteroatoms. The van der Waals surface area contributed by atoms with E-state index >= 15 is 0 Å². The van der Waals surface area contributed by atoms with Gasteiger partial charge in [0, 0.05) is 44.9 Å². The zero-order valence-electron chi connectivity index (χ0n) is 27.8. The van der Waals surface area contributed by atoms with Crippen molar-refractivity contribution in [2.45, 2.75) is 125 Å². The standard InChI is InChI=1S/C35H63N3O4/c1-22(2)9-8-10-25(32(41)38-20-19-37-18-17-36)31-27-11-12-30-33(5)15-14-28(40)23(3)26(33)13-16-34(30,6)35(27,7)21-29(31)42-24(4)39/h22-23,25-31,37,40H,8-21,36H2,1-7H3,(H,38,41)/t23-,25-,26?,27?,28+,29-,30?,31-,33-,34-,35-/m0/s1. The topological polar surface area (TPSA) is 114 Å². The fourth-order valence-electron chi connectivity index (χ4n) is 11.1. The molecule has 7 nitrogen and oxygen atoms in total. The molecule has 11 atom stereocenters. The minimum absolute atomic E-state index is 0.00671. The molecule has 0 aromatic carbocycles. The number of carbonyl (C=O) groups excluding carboxylic acids is 2. The van der Waals surface area contributed by atoms with Crippen LogP contribution in [0.3, 0.4) is 0 Å². The van der Waals surface area contributed by atoms with Crippen molar-refractivity contribution in [1.82, 2.24) is 10.6 Å². The van der Waals surface area contributed by atoms with Gasteiger partial charge in [-0.15, -0.1) is 0 Å². The first-order valence-electron chi connectivity index (χ1n) is 17.3. The van der Waals surface area contributed by atoms with E-state index in [2.05, 4.69) is 52.2 Å². The molecule has 0 aliphatic heterocycles. The molecular weight excluding hydrogens is 526 g/mol. The molecule has 4 rings (SSSR count). The Morgan fingerprint density at radius 3 is 2.38 bits per heavy atom. The van der Waals surface area contributed by atoms with Crippen LogP contribution in [-0.2, 0) is 14.3 Å².